The number of fused-ring (bicyclic) bond motifs is 1. The number of hydrogen-bond donors (Lipinski definition) is 3. The molecule has 6 nitrogen and oxygen atoms in total. The minimum Gasteiger partial charge on any atom is -0.478 e. The summed E-state index contributed by atoms with van der Waals surface area (Å²) in [5.74, 6) is -1.78. The van der Waals surface area contributed by atoms with Gasteiger partial charge in [-0.25, -0.2) is 4.79 Å². The summed E-state index contributed by atoms with van der Waals surface area (Å²) in [4.78, 5) is 38.3. The number of carboxylic acid groups (broad SMARTS) is 1. The topological polar surface area (TPSA) is 95.5 Å². The summed E-state index contributed by atoms with van der Waals surface area (Å²) < 4.78 is 0. The minimum absolute atomic E-state index is 0.0585. The quantitative estimate of drug-likeness (QED) is 0.216. The van der Waals surface area contributed by atoms with Crippen molar-refractivity contribution in [1.29, 1.82) is 0 Å². The fourth-order valence-electron chi connectivity index (χ4n) is 3.64. The van der Waals surface area contributed by atoms with Crippen molar-refractivity contribution in [2.45, 2.75) is 17.1 Å². The Balaban J connectivity index is 1.49. The number of hydrogen-bond acceptors (Lipinski definition) is 4. The van der Waals surface area contributed by atoms with Crippen molar-refractivity contribution >= 4 is 74.9 Å². The van der Waals surface area contributed by atoms with E-state index in [1.807, 2.05) is 6.07 Å². The molecule has 0 saturated heterocycles. The molecule has 0 saturated carbocycles. The molecule has 0 heterocycles. The Morgan fingerprint density at radius 3 is 2.25 bits per heavy atom. The third-order valence-corrected chi connectivity index (χ3v) is 6.98. The number of nitrogens with one attached hydrogen (secondary N) is 2. The minimum atomic E-state index is -1.11. The second-order valence-corrected chi connectivity index (χ2v) is 10.1. The van der Waals surface area contributed by atoms with Gasteiger partial charge in [0.1, 0.15) is 0 Å². The summed E-state index contributed by atoms with van der Waals surface area (Å²) in [5.41, 5.74) is 1.30. The fraction of sp³-hybridized carbons (Fsp3) is 0.0741. The smallest absolute Gasteiger partial charge is 0.336 e. The standard InChI is InChI=1S/C27H20Cl2N2O4S/c1-15(25(32)31-23-12-11-17(28)13-22(23)29)36-19-8-4-7-18(14-19)30-26(33)20-9-2-5-16-6-3-10-21(24(16)20)27(34)35/h2-15H,1H3,(H,30,33)(H,31,32)(H,34,35). The molecule has 2 amide bonds. The molecule has 4 rings (SSSR count). The molecular weight excluding hydrogens is 519 g/mol. The van der Waals surface area contributed by atoms with Gasteiger partial charge in [-0.15, -0.1) is 11.8 Å². The van der Waals surface area contributed by atoms with Crippen LogP contribution in [-0.2, 0) is 4.79 Å². The van der Waals surface area contributed by atoms with Crippen LogP contribution in [0.3, 0.4) is 0 Å². The molecule has 36 heavy (non-hydrogen) atoms. The zero-order chi connectivity index (χ0) is 25.8. The van der Waals surface area contributed by atoms with E-state index in [0.717, 1.165) is 4.90 Å². The summed E-state index contributed by atoms with van der Waals surface area (Å²) in [7, 11) is 0. The average Bonchev–Trinajstić information content (AvgIpc) is 2.85. The molecule has 182 valence electrons. The first-order valence-electron chi connectivity index (χ1n) is 10.8. The highest BCUT2D eigenvalue weighted by molar-refractivity contribution is 8.00. The molecule has 1 atom stereocenters. The summed E-state index contributed by atoms with van der Waals surface area (Å²) in [5, 5.41) is 16.6. The predicted molar refractivity (Wildman–Crippen MR) is 146 cm³/mol. The number of carboxylic acids is 1. The Bertz CT molecular complexity index is 1490. The van der Waals surface area contributed by atoms with Crippen LogP contribution in [0.1, 0.15) is 27.6 Å². The van der Waals surface area contributed by atoms with Crippen molar-refractivity contribution in [3.05, 3.63) is 100 Å². The Morgan fingerprint density at radius 1 is 0.861 bits per heavy atom. The first-order valence-corrected chi connectivity index (χ1v) is 12.5. The third-order valence-electron chi connectivity index (χ3n) is 5.34. The maximum Gasteiger partial charge on any atom is 0.336 e. The van der Waals surface area contributed by atoms with E-state index in [1.54, 1.807) is 73.7 Å². The second-order valence-electron chi connectivity index (χ2n) is 7.87. The third kappa shape index (κ3) is 5.82. The van der Waals surface area contributed by atoms with Crippen LogP contribution in [0, 0.1) is 0 Å². The van der Waals surface area contributed by atoms with E-state index in [0.29, 0.717) is 32.2 Å². The molecule has 1 unspecified atom stereocenters. The average molecular weight is 539 g/mol. The van der Waals surface area contributed by atoms with Gasteiger partial charge in [0.25, 0.3) is 5.91 Å². The Kier molecular flexibility index (Phi) is 7.84. The van der Waals surface area contributed by atoms with Crippen molar-refractivity contribution in [2.75, 3.05) is 10.6 Å². The maximum absolute atomic E-state index is 13.1. The van der Waals surface area contributed by atoms with Gasteiger partial charge in [-0.05, 0) is 60.8 Å². The number of halogens is 2. The van der Waals surface area contributed by atoms with Gasteiger partial charge in [-0.2, -0.15) is 0 Å². The van der Waals surface area contributed by atoms with Gasteiger partial charge in [-0.1, -0.05) is 53.5 Å². The molecule has 0 spiro atoms. The number of amides is 2. The van der Waals surface area contributed by atoms with Gasteiger partial charge in [0.05, 0.1) is 21.5 Å². The van der Waals surface area contributed by atoms with Crippen molar-refractivity contribution in [1.82, 2.24) is 0 Å². The van der Waals surface area contributed by atoms with Gasteiger partial charge in [-0.3, -0.25) is 9.59 Å². The number of benzene rings is 4. The number of carbonyl (C=O) groups excluding carboxylic acids is 2. The largest absolute Gasteiger partial charge is 0.478 e. The lowest BCUT2D eigenvalue weighted by Crippen LogP contribution is -2.22. The SMILES string of the molecule is CC(Sc1cccc(NC(=O)c2cccc3cccc(C(=O)O)c23)c1)C(=O)Nc1ccc(Cl)cc1Cl. The lowest BCUT2D eigenvalue weighted by molar-refractivity contribution is -0.115. The maximum atomic E-state index is 13.1. The van der Waals surface area contributed by atoms with Crippen molar-refractivity contribution < 1.29 is 19.5 Å². The van der Waals surface area contributed by atoms with E-state index < -0.39 is 17.1 Å². The van der Waals surface area contributed by atoms with Crippen LogP contribution >= 0.6 is 35.0 Å². The summed E-state index contributed by atoms with van der Waals surface area (Å²) >= 11 is 13.4. The zero-order valence-corrected chi connectivity index (χ0v) is 21.2. The normalized spacial score (nSPS) is 11.6. The van der Waals surface area contributed by atoms with Crippen LogP contribution in [0.15, 0.2) is 83.8 Å². The molecule has 0 aliphatic carbocycles. The number of anilines is 2. The lowest BCUT2D eigenvalue weighted by Gasteiger charge is -2.14. The lowest BCUT2D eigenvalue weighted by atomic mass is 9.98. The van der Waals surface area contributed by atoms with Crippen molar-refractivity contribution in [2.24, 2.45) is 0 Å². The van der Waals surface area contributed by atoms with Crippen LogP contribution < -0.4 is 10.6 Å². The first-order chi connectivity index (χ1) is 17.2. The second kappa shape index (κ2) is 11.0. The predicted octanol–water partition coefficient (Wildman–Crippen LogP) is 7.22. The fourth-order valence-corrected chi connectivity index (χ4v) is 5.02. The molecular formula is C27H20Cl2N2O4S. The highest BCUT2D eigenvalue weighted by Gasteiger charge is 2.18. The van der Waals surface area contributed by atoms with Crippen molar-refractivity contribution in [3.63, 3.8) is 0 Å². The molecule has 9 heteroatoms. The number of aromatic carboxylic acids is 1. The molecule has 0 aliphatic rings. The Hall–Kier alpha value is -3.52. The number of thioether (sulfide) groups is 1. The van der Waals surface area contributed by atoms with E-state index in [-0.39, 0.29) is 17.0 Å². The van der Waals surface area contributed by atoms with Gasteiger partial charge >= 0.3 is 5.97 Å². The van der Waals surface area contributed by atoms with Gasteiger partial charge in [0.15, 0.2) is 0 Å². The summed E-state index contributed by atoms with van der Waals surface area (Å²) in [6, 6.07) is 21.9. The molecule has 0 aliphatic heterocycles. The van der Waals surface area contributed by atoms with E-state index in [1.165, 1.54) is 17.8 Å². The zero-order valence-electron chi connectivity index (χ0n) is 18.9. The monoisotopic (exact) mass is 538 g/mol. The highest BCUT2D eigenvalue weighted by Crippen LogP contribution is 2.30. The van der Waals surface area contributed by atoms with Crippen LogP contribution in [0.4, 0.5) is 11.4 Å². The Morgan fingerprint density at radius 2 is 1.56 bits per heavy atom. The first kappa shape index (κ1) is 25.6. The molecule has 4 aromatic rings. The van der Waals surface area contributed by atoms with E-state index in [4.69, 9.17) is 23.2 Å². The highest BCUT2D eigenvalue weighted by atomic mass is 35.5. The molecule has 0 aromatic heterocycles. The van der Waals surface area contributed by atoms with Gasteiger partial charge in [0.2, 0.25) is 5.91 Å². The number of rotatable bonds is 7. The van der Waals surface area contributed by atoms with Gasteiger partial charge < -0.3 is 15.7 Å². The van der Waals surface area contributed by atoms with Crippen LogP contribution in [0.5, 0.6) is 0 Å². The van der Waals surface area contributed by atoms with E-state index in [2.05, 4.69) is 10.6 Å². The Labute approximate surface area is 221 Å². The summed E-state index contributed by atoms with van der Waals surface area (Å²) in [6.07, 6.45) is 0. The molecule has 0 fully saturated rings. The van der Waals surface area contributed by atoms with Crippen LogP contribution in [0.2, 0.25) is 10.0 Å². The van der Waals surface area contributed by atoms with Crippen molar-refractivity contribution in [3.8, 4) is 0 Å². The molecule has 0 radical (unpaired) electrons. The van der Waals surface area contributed by atoms with E-state index in [9.17, 15) is 19.5 Å². The summed E-state index contributed by atoms with van der Waals surface area (Å²) in [6.45, 7) is 1.76. The van der Waals surface area contributed by atoms with E-state index >= 15 is 0 Å². The van der Waals surface area contributed by atoms with Crippen LogP contribution in [0.25, 0.3) is 10.8 Å². The number of carbonyl (C=O) groups is 3. The molecule has 4 aromatic carbocycles. The molecule has 3 N–H and O–H groups in total. The van der Waals surface area contributed by atoms with Gasteiger partial charge in [0, 0.05) is 26.6 Å². The van der Waals surface area contributed by atoms with Crippen LogP contribution in [-0.4, -0.2) is 28.1 Å². The molecule has 0 bridgehead atoms.